The summed E-state index contributed by atoms with van der Waals surface area (Å²) in [7, 11) is 0. The fourth-order valence-electron chi connectivity index (χ4n) is 5.28. The SMILES string of the molecule is CC(=O)N[C@@H](Cc1ccc(OC(C)(C)C)cc1)C(=O)N[C@@H](Cc1cn(C(=O)OC(C)(C)C)c2ccccc12)C(=O)N[C@@H](CC(C)C)C(=O)O. The van der Waals surface area contributed by atoms with E-state index in [0.717, 1.165) is 5.56 Å². The predicted molar refractivity (Wildman–Crippen MR) is 186 cm³/mol. The van der Waals surface area contributed by atoms with Crippen LogP contribution in [0.2, 0.25) is 0 Å². The van der Waals surface area contributed by atoms with E-state index >= 15 is 0 Å². The first kappa shape index (κ1) is 38.6. The van der Waals surface area contributed by atoms with Gasteiger partial charge in [0.05, 0.1) is 5.52 Å². The number of aromatic nitrogens is 1. The van der Waals surface area contributed by atoms with Gasteiger partial charge in [0.15, 0.2) is 0 Å². The Labute approximate surface area is 287 Å². The van der Waals surface area contributed by atoms with Crippen LogP contribution < -0.4 is 20.7 Å². The molecular weight excluding hydrogens is 628 g/mol. The highest BCUT2D eigenvalue weighted by Gasteiger charge is 2.31. The molecule has 266 valence electrons. The molecule has 1 aromatic heterocycles. The van der Waals surface area contributed by atoms with E-state index in [1.165, 1.54) is 11.5 Å². The second-order valence-corrected chi connectivity index (χ2v) is 14.6. The zero-order valence-electron chi connectivity index (χ0n) is 29.9. The standard InChI is InChI=1S/C37H50N4O8/c1-22(2)18-30(34(45)46)40-33(44)29(20-25-21-41(35(47)49-37(7,8)9)31-13-11-10-12-27(25)31)39-32(43)28(38-23(3)42)19-24-14-16-26(17-15-24)48-36(4,5)6/h10-17,21-22,28-30H,18-20H2,1-9H3,(H,38,42)(H,39,43)(H,40,44)(H,45,46)/t28-,29-,30-/m0/s1. The Morgan fingerprint density at radius 2 is 1.35 bits per heavy atom. The van der Waals surface area contributed by atoms with Crippen molar-refractivity contribution in [2.24, 2.45) is 5.92 Å². The van der Waals surface area contributed by atoms with Gasteiger partial charge in [-0.2, -0.15) is 0 Å². The Kier molecular flexibility index (Phi) is 12.6. The smallest absolute Gasteiger partial charge is 0.419 e. The average Bonchev–Trinajstić information content (AvgIpc) is 3.33. The van der Waals surface area contributed by atoms with Crippen LogP contribution in [0.5, 0.6) is 5.75 Å². The molecule has 0 aliphatic carbocycles. The van der Waals surface area contributed by atoms with Gasteiger partial charge in [-0.15, -0.1) is 0 Å². The fraction of sp³-hybridized carbons (Fsp3) is 0.486. The number of fused-ring (bicyclic) bond motifs is 1. The van der Waals surface area contributed by atoms with Crippen LogP contribution in [-0.4, -0.2) is 68.8 Å². The summed E-state index contributed by atoms with van der Waals surface area (Å²) in [6, 6.07) is 10.7. The van der Waals surface area contributed by atoms with Gasteiger partial charge >= 0.3 is 12.1 Å². The molecule has 3 atom stereocenters. The molecule has 4 N–H and O–H groups in total. The van der Waals surface area contributed by atoms with Crippen molar-refractivity contribution < 1.29 is 38.6 Å². The zero-order valence-corrected chi connectivity index (χ0v) is 29.9. The number of hydrogen-bond donors (Lipinski definition) is 4. The largest absolute Gasteiger partial charge is 0.488 e. The summed E-state index contributed by atoms with van der Waals surface area (Å²) in [4.78, 5) is 65.1. The van der Waals surface area contributed by atoms with Gasteiger partial charge in [0.25, 0.3) is 0 Å². The third-order valence-corrected chi connectivity index (χ3v) is 7.24. The van der Waals surface area contributed by atoms with Crippen molar-refractivity contribution >= 4 is 40.7 Å². The van der Waals surface area contributed by atoms with Gasteiger partial charge in [0.1, 0.15) is 35.1 Å². The lowest BCUT2D eigenvalue weighted by molar-refractivity contribution is -0.142. The second-order valence-electron chi connectivity index (χ2n) is 14.6. The molecule has 0 radical (unpaired) electrons. The summed E-state index contributed by atoms with van der Waals surface area (Å²) >= 11 is 0. The van der Waals surface area contributed by atoms with E-state index in [4.69, 9.17) is 9.47 Å². The molecule has 2 aromatic carbocycles. The Bertz CT molecular complexity index is 1650. The number of hydrogen-bond acceptors (Lipinski definition) is 7. The number of nitrogens with one attached hydrogen (secondary N) is 3. The Morgan fingerprint density at radius 1 is 0.776 bits per heavy atom. The number of amides is 3. The van der Waals surface area contributed by atoms with E-state index in [2.05, 4.69) is 16.0 Å². The third kappa shape index (κ3) is 12.0. The van der Waals surface area contributed by atoms with Gasteiger partial charge in [-0.25, -0.2) is 9.59 Å². The molecule has 3 aromatic rings. The molecule has 0 saturated heterocycles. The normalized spacial score (nSPS) is 13.7. The minimum absolute atomic E-state index is 0.0365. The minimum Gasteiger partial charge on any atom is -0.488 e. The van der Waals surface area contributed by atoms with Crippen molar-refractivity contribution in [1.29, 1.82) is 0 Å². The van der Waals surface area contributed by atoms with Gasteiger partial charge < -0.3 is 30.5 Å². The quantitative estimate of drug-likeness (QED) is 0.196. The highest BCUT2D eigenvalue weighted by Crippen LogP contribution is 2.25. The predicted octanol–water partition coefficient (Wildman–Crippen LogP) is 4.99. The molecule has 0 aliphatic rings. The lowest BCUT2D eigenvalue weighted by Gasteiger charge is -2.25. The van der Waals surface area contributed by atoms with Crippen molar-refractivity contribution in [2.45, 2.75) is 111 Å². The molecule has 0 bridgehead atoms. The first-order valence-electron chi connectivity index (χ1n) is 16.4. The number of carboxylic acid groups (broad SMARTS) is 1. The monoisotopic (exact) mass is 678 g/mol. The number of carbonyl (C=O) groups is 5. The topological polar surface area (TPSA) is 165 Å². The van der Waals surface area contributed by atoms with Gasteiger partial charge in [-0.1, -0.05) is 44.2 Å². The van der Waals surface area contributed by atoms with Crippen molar-refractivity contribution in [3.05, 3.63) is 65.9 Å². The average molecular weight is 679 g/mol. The lowest BCUT2D eigenvalue weighted by atomic mass is 10.00. The molecule has 0 spiro atoms. The molecular formula is C37H50N4O8. The molecule has 0 unspecified atom stereocenters. The van der Waals surface area contributed by atoms with Crippen LogP contribution in [0, 0.1) is 5.92 Å². The number of carboxylic acids is 1. The van der Waals surface area contributed by atoms with Crippen LogP contribution in [0.15, 0.2) is 54.7 Å². The fourth-order valence-corrected chi connectivity index (χ4v) is 5.28. The molecule has 12 heteroatoms. The summed E-state index contributed by atoms with van der Waals surface area (Å²) in [6.45, 7) is 16.0. The van der Waals surface area contributed by atoms with Crippen molar-refractivity contribution in [1.82, 2.24) is 20.5 Å². The van der Waals surface area contributed by atoms with Crippen LogP contribution in [0.3, 0.4) is 0 Å². The van der Waals surface area contributed by atoms with Crippen LogP contribution in [0.1, 0.15) is 79.9 Å². The van der Waals surface area contributed by atoms with E-state index in [-0.39, 0.29) is 25.2 Å². The minimum atomic E-state index is -1.27. The third-order valence-electron chi connectivity index (χ3n) is 7.24. The number of benzene rings is 2. The number of rotatable bonds is 13. The molecule has 0 fully saturated rings. The van der Waals surface area contributed by atoms with E-state index in [1.54, 1.807) is 75.5 Å². The van der Waals surface area contributed by atoms with E-state index in [9.17, 15) is 29.1 Å². The molecule has 3 rings (SSSR count). The zero-order chi connectivity index (χ0) is 36.7. The number of ether oxygens (including phenoxy) is 2. The van der Waals surface area contributed by atoms with E-state index in [1.807, 2.05) is 34.6 Å². The molecule has 49 heavy (non-hydrogen) atoms. The second kappa shape index (κ2) is 16.0. The molecule has 3 amide bonds. The maximum atomic E-state index is 13.8. The highest BCUT2D eigenvalue weighted by molar-refractivity contribution is 5.95. The number of aliphatic carboxylic acids is 1. The van der Waals surface area contributed by atoms with Crippen molar-refractivity contribution in [3.63, 3.8) is 0 Å². The Morgan fingerprint density at radius 3 is 1.88 bits per heavy atom. The van der Waals surface area contributed by atoms with Gasteiger partial charge in [0, 0.05) is 31.3 Å². The maximum absolute atomic E-state index is 13.8. The summed E-state index contributed by atoms with van der Waals surface area (Å²) in [5.41, 5.74) is 0.655. The van der Waals surface area contributed by atoms with Crippen LogP contribution in [0.25, 0.3) is 10.9 Å². The Hall–Kier alpha value is -4.87. The molecule has 1 heterocycles. The van der Waals surface area contributed by atoms with Gasteiger partial charge in [-0.05, 0) is 83.2 Å². The summed E-state index contributed by atoms with van der Waals surface area (Å²) in [5, 5.41) is 18.5. The summed E-state index contributed by atoms with van der Waals surface area (Å²) < 4.78 is 12.8. The molecule has 0 saturated carbocycles. The van der Waals surface area contributed by atoms with E-state index < -0.39 is 59.1 Å². The number of carbonyl (C=O) groups excluding carboxylic acids is 4. The highest BCUT2D eigenvalue weighted by atomic mass is 16.6. The first-order valence-corrected chi connectivity index (χ1v) is 16.4. The van der Waals surface area contributed by atoms with Gasteiger partial charge in [-0.3, -0.25) is 19.0 Å². The maximum Gasteiger partial charge on any atom is 0.419 e. The van der Waals surface area contributed by atoms with E-state index in [0.29, 0.717) is 22.2 Å². The Balaban J connectivity index is 1.98. The van der Waals surface area contributed by atoms with Crippen LogP contribution in [-0.2, 0) is 36.8 Å². The lowest BCUT2D eigenvalue weighted by Crippen LogP contribution is -2.56. The van der Waals surface area contributed by atoms with Crippen molar-refractivity contribution in [2.75, 3.05) is 0 Å². The van der Waals surface area contributed by atoms with Crippen LogP contribution in [0.4, 0.5) is 4.79 Å². The molecule has 12 nitrogen and oxygen atoms in total. The van der Waals surface area contributed by atoms with Crippen molar-refractivity contribution in [3.8, 4) is 5.75 Å². The molecule has 0 aliphatic heterocycles. The number of para-hydroxylation sites is 1. The first-order chi connectivity index (χ1) is 22.7. The summed E-state index contributed by atoms with van der Waals surface area (Å²) in [6.07, 6.45) is 1.13. The van der Waals surface area contributed by atoms with Gasteiger partial charge in [0.2, 0.25) is 17.7 Å². The van der Waals surface area contributed by atoms with Crippen LogP contribution >= 0.6 is 0 Å². The number of nitrogens with zero attached hydrogens (tertiary/aromatic N) is 1. The summed E-state index contributed by atoms with van der Waals surface area (Å²) in [5.74, 6) is -2.41.